The molecule has 7 rings (SSSR count). The molecular weight excluding hydrogens is 426 g/mol. The summed E-state index contributed by atoms with van der Waals surface area (Å²) in [5.41, 5.74) is 6.10. The van der Waals surface area contributed by atoms with Gasteiger partial charge in [0.1, 0.15) is 6.61 Å². The quantitative estimate of drug-likeness (QED) is 0.249. The van der Waals surface area contributed by atoms with Gasteiger partial charge in [0.2, 0.25) is 5.90 Å². The van der Waals surface area contributed by atoms with E-state index >= 15 is 0 Å². The predicted octanol–water partition coefficient (Wildman–Crippen LogP) is 8.26. The second-order valence-corrected chi connectivity index (χ2v) is 9.02. The highest BCUT2D eigenvalue weighted by Gasteiger charge is 2.17. The Hall–Kier alpha value is -4.43. The van der Waals surface area contributed by atoms with Crippen molar-refractivity contribution < 1.29 is 4.74 Å². The van der Waals surface area contributed by atoms with Crippen LogP contribution in [0.15, 0.2) is 120 Å². The number of aliphatic imine (C=N–C) groups is 1. The first kappa shape index (κ1) is 20.0. The van der Waals surface area contributed by atoms with Crippen LogP contribution in [0.5, 0.6) is 0 Å². The Morgan fingerprint density at radius 2 is 1.00 bits per heavy atom. The van der Waals surface area contributed by atoms with Gasteiger partial charge >= 0.3 is 0 Å². The van der Waals surface area contributed by atoms with Gasteiger partial charge in [-0.1, -0.05) is 97.1 Å². The molecular formula is C33H23NO. The number of rotatable bonds is 3. The molecule has 2 nitrogen and oxygen atoms in total. The van der Waals surface area contributed by atoms with Gasteiger partial charge in [-0.2, -0.15) is 0 Å². The van der Waals surface area contributed by atoms with E-state index in [1.807, 2.05) is 0 Å². The average molecular weight is 450 g/mol. The lowest BCUT2D eigenvalue weighted by molar-refractivity contribution is 0.348. The molecule has 6 aromatic rings. The predicted molar refractivity (Wildman–Crippen MR) is 147 cm³/mol. The van der Waals surface area contributed by atoms with Crippen molar-refractivity contribution in [1.29, 1.82) is 0 Å². The van der Waals surface area contributed by atoms with Gasteiger partial charge < -0.3 is 4.74 Å². The molecule has 1 heterocycles. The second-order valence-electron chi connectivity index (χ2n) is 9.02. The molecule has 0 saturated heterocycles. The van der Waals surface area contributed by atoms with Crippen LogP contribution in [0.4, 0.5) is 0 Å². The van der Waals surface area contributed by atoms with Crippen molar-refractivity contribution in [3.05, 3.63) is 121 Å². The van der Waals surface area contributed by atoms with Crippen LogP contribution >= 0.6 is 0 Å². The fourth-order valence-electron chi connectivity index (χ4n) is 5.40. The van der Waals surface area contributed by atoms with Gasteiger partial charge in [0.05, 0.1) is 6.54 Å². The summed E-state index contributed by atoms with van der Waals surface area (Å²) in [4.78, 5) is 4.47. The SMILES string of the molecule is c1ccc(-c2c3ccccc3c(-c3ccc4cc(C5=NCCO5)ccc4c3)c3ccccc23)cc1. The minimum Gasteiger partial charge on any atom is -0.476 e. The van der Waals surface area contributed by atoms with Crippen molar-refractivity contribution in [2.75, 3.05) is 13.2 Å². The summed E-state index contributed by atoms with van der Waals surface area (Å²) in [6, 6.07) is 41.6. The van der Waals surface area contributed by atoms with Crippen LogP contribution in [-0.4, -0.2) is 19.0 Å². The molecule has 2 heteroatoms. The molecule has 0 amide bonds. The average Bonchev–Trinajstić information content (AvgIpc) is 3.47. The number of ether oxygens (including phenoxy) is 1. The Bertz CT molecular complexity index is 1710. The van der Waals surface area contributed by atoms with Crippen molar-refractivity contribution in [3.8, 4) is 22.3 Å². The van der Waals surface area contributed by atoms with E-state index in [9.17, 15) is 0 Å². The maximum Gasteiger partial charge on any atom is 0.216 e. The number of nitrogens with zero attached hydrogens (tertiary/aromatic N) is 1. The van der Waals surface area contributed by atoms with E-state index < -0.39 is 0 Å². The van der Waals surface area contributed by atoms with E-state index in [-0.39, 0.29) is 0 Å². The molecule has 6 aromatic carbocycles. The highest BCUT2D eigenvalue weighted by Crippen LogP contribution is 2.43. The lowest BCUT2D eigenvalue weighted by Crippen LogP contribution is -2.00. The van der Waals surface area contributed by atoms with E-state index in [2.05, 4.69) is 120 Å². The maximum atomic E-state index is 5.68. The molecule has 1 aliphatic rings. The van der Waals surface area contributed by atoms with E-state index in [1.165, 1.54) is 54.6 Å². The van der Waals surface area contributed by atoms with Crippen LogP contribution in [0.2, 0.25) is 0 Å². The fourth-order valence-corrected chi connectivity index (χ4v) is 5.40. The molecule has 0 saturated carbocycles. The third-order valence-corrected chi connectivity index (χ3v) is 6.96. The summed E-state index contributed by atoms with van der Waals surface area (Å²) in [5, 5.41) is 7.51. The summed E-state index contributed by atoms with van der Waals surface area (Å²) < 4.78 is 5.68. The summed E-state index contributed by atoms with van der Waals surface area (Å²) in [5.74, 6) is 0.754. The Balaban J connectivity index is 1.50. The Labute approximate surface area is 204 Å². The number of hydrogen-bond acceptors (Lipinski definition) is 2. The van der Waals surface area contributed by atoms with Crippen molar-refractivity contribution in [2.45, 2.75) is 0 Å². The second kappa shape index (κ2) is 8.11. The molecule has 0 bridgehead atoms. The summed E-state index contributed by atoms with van der Waals surface area (Å²) in [6.45, 7) is 1.41. The van der Waals surface area contributed by atoms with Crippen molar-refractivity contribution in [3.63, 3.8) is 0 Å². The monoisotopic (exact) mass is 449 g/mol. The highest BCUT2D eigenvalue weighted by molar-refractivity contribution is 6.21. The molecule has 0 atom stereocenters. The van der Waals surface area contributed by atoms with Crippen LogP contribution in [0.3, 0.4) is 0 Å². The van der Waals surface area contributed by atoms with Gasteiger partial charge in [0.15, 0.2) is 0 Å². The Morgan fingerprint density at radius 1 is 0.486 bits per heavy atom. The van der Waals surface area contributed by atoms with E-state index in [4.69, 9.17) is 4.74 Å². The summed E-state index contributed by atoms with van der Waals surface area (Å²) in [6.07, 6.45) is 0. The molecule has 0 radical (unpaired) electrons. The molecule has 0 N–H and O–H groups in total. The molecule has 0 fully saturated rings. The zero-order valence-corrected chi connectivity index (χ0v) is 19.2. The largest absolute Gasteiger partial charge is 0.476 e. The normalized spacial score (nSPS) is 13.3. The lowest BCUT2D eigenvalue weighted by Gasteiger charge is -2.18. The van der Waals surface area contributed by atoms with Gasteiger partial charge in [-0.15, -0.1) is 0 Å². The third-order valence-electron chi connectivity index (χ3n) is 6.96. The number of benzene rings is 6. The minimum absolute atomic E-state index is 0.672. The first-order valence-corrected chi connectivity index (χ1v) is 12.1. The van der Waals surface area contributed by atoms with E-state index in [1.54, 1.807) is 0 Å². The molecule has 35 heavy (non-hydrogen) atoms. The van der Waals surface area contributed by atoms with Crippen LogP contribution in [0, 0.1) is 0 Å². The zero-order valence-electron chi connectivity index (χ0n) is 19.2. The third kappa shape index (κ3) is 3.30. The van der Waals surface area contributed by atoms with Crippen LogP contribution in [0.1, 0.15) is 5.56 Å². The van der Waals surface area contributed by atoms with E-state index in [0.717, 1.165) is 18.0 Å². The summed E-state index contributed by atoms with van der Waals surface area (Å²) in [7, 11) is 0. The first-order valence-electron chi connectivity index (χ1n) is 12.1. The van der Waals surface area contributed by atoms with E-state index in [0.29, 0.717) is 6.61 Å². The molecule has 1 aliphatic heterocycles. The zero-order chi connectivity index (χ0) is 23.2. The Morgan fingerprint density at radius 3 is 1.57 bits per heavy atom. The number of fused-ring (bicyclic) bond motifs is 3. The van der Waals surface area contributed by atoms with Crippen molar-refractivity contribution in [2.24, 2.45) is 4.99 Å². The summed E-state index contributed by atoms with van der Waals surface area (Å²) >= 11 is 0. The van der Waals surface area contributed by atoms with Gasteiger partial charge in [-0.05, 0) is 72.8 Å². The molecule has 0 aromatic heterocycles. The molecule has 0 unspecified atom stereocenters. The minimum atomic E-state index is 0.672. The van der Waals surface area contributed by atoms with Gasteiger partial charge in [0.25, 0.3) is 0 Å². The van der Waals surface area contributed by atoms with Gasteiger partial charge in [0, 0.05) is 5.56 Å². The molecule has 166 valence electrons. The Kier molecular flexibility index (Phi) is 4.63. The van der Waals surface area contributed by atoms with Crippen molar-refractivity contribution in [1.82, 2.24) is 0 Å². The topological polar surface area (TPSA) is 21.6 Å². The highest BCUT2D eigenvalue weighted by atomic mass is 16.5. The van der Waals surface area contributed by atoms with Crippen LogP contribution < -0.4 is 0 Å². The molecule has 0 aliphatic carbocycles. The van der Waals surface area contributed by atoms with Gasteiger partial charge in [-0.25, -0.2) is 4.99 Å². The lowest BCUT2D eigenvalue weighted by atomic mass is 9.85. The smallest absolute Gasteiger partial charge is 0.216 e. The van der Waals surface area contributed by atoms with Gasteiger partial charge in [-0.3, -0.25) is 0 Å². The number of hydrogen-bond donors (Lipinski definition) is 0. The van der Waals surface area contributed by atoms with Crippen molar-refractivity contribution >= 4 is 38.2 Å². The fraction of sp³-hybridized carbons (Fsp3) is 0.0606. The molecule has 0 spiro atoms. The van der Waals surface area contributed by atoms with Crippen LogP contribution in [0.25, 0.3) is 54.6 Å². The first-order chi connectivity index (χ1) is 17.4. The standard InChI is InChI=1S/C33H23NO/c1-2-8-22(9-3-1)31-27-10-4-6-12-29(27)32(30-13-7-5-11-28(30)31)25-16-14-24-21-26(17-15-23(24)20-25)33-34-18-19-35-33/h1-17,20-21H,18-19H2. The maximum absolute atomic E-state index is 5.68. The van der Waals surface area contributed by atoms with Crippen LogP contribution in [-0.2, 0) is 4.74 Å².